The van der Waals surface area contributed by atoms with Gasteiger partial charge in [-0.3, -0.25) is 0 Å². The van der Waals surface area contributed by atoms with Crippen molar-refractivity contribution >= 4 is 27.5 Å². The fourth-order valence-corrected chi connectivity index (χ4v) is 2.54. The Bertz CT molecular complexity index is 721. The van der Waals surface area contributed by atoms with E-state index in [-0.39, 0.29) is 16.3 Å². The quantitative estimate of drug-likeness (QED) is 0.637. The zero-order valence-corrected chi connectivity index (χ0v) is 13.5. The summed E-state index contributed by atoms with van der Waals surface area (Å²) in [5, 5.41) is 2.60. The molecular formula is C14H17NO6S. The number of aryl methyl sites for hydroxylation is 1. The Balaban J connectivity index is 3.34. The molecule has 8 heteroatoms. The SMILES string of the molecule is COC(=O)/C=C(/Nc1ccc(C)cc1S(C)(=O)=O)C(=O)OC. The number of ether oxygens (including phenoxy) is 2. The number of anilines is 1. The smallest absolute Gasteiger partial charge is 0.354 e. The van der Waals surface area contributed by atoms with E-state index in [1.165, 1.54) is 12.1 Å². The maximum Gasteiger partial charge on any atom is 0.354 e. The minimum atomic E-state index is -3.53. The van der Waals surface area contributed by atoms with Crippen molar-refractivity contribution in [2.45, 2.75) is 11.8 Å². The van der Waals surface area contributed by atoms with Crippen molar-refractivity contribution < 1.29 is 27.5 Å². The Hall–Kier alpha value is -2.35. The molecule has 0 amide bonds. The van der Waals surface area contributed by atoms with Crippen LogP contribution in [-0.4, -0.2) is 40.8 Å². The zero-order valence-electron chi connectivity index (χ0n) is 12.7. The average molecular weight is 327 g/mol. The second-order valence-electron chi connectivity index (χ2n) is 4.47. The third kappa shape index (κ3) is 4.59. The maximum atomic E-state index is 11.8. The van der Waals surface area contributed by atoms with Gasteiger partial charge >= 0.3 is 11.9 Å². The van der Waals surface area contributed by atoms with Crippen molar-refractivity contribution in [3.05, 3.63) is 35.5 Å². The number of esters is 2. The van der Waals surface area contributed by atoms with Crippen molar-refractivity contribution in [1.29, 1.82) is 0 Å². The van der Waals surface area contributed by atoms with Crippen molar-refractivity contribution in [2.24, 2.45) is 0 Å². The van der Waals surface area contributed by atoms with Gasteiger partial charge in [0.25, 0.3) is 0 Å². The molecule has 22 heavy (non-hydrogen) atoms. The highest BCUT2D eigenvalue weighted by Gasteiger charge is 2.18. The molecule has 0 saturated carbocycles. The van der Waals surface area contributed by atoms with Gasteiger partial charge in [0.2, 0.25) is 0 Å². The lowest BCUT2D eigenvalue weighted by atomic mass is 10.2. The number of rotatable bonds is 5. The largest absolute Gasteiger partial charge is 0.466 e. The Kier molecular flexibility index (Phi) is 5.69. The molecule has 1 aromatic carbocycles. The van der Waals surface area contributed by atoms with Crippen LogP contribution in [0.1, 0.15) is 5.56 Å². The molecule has 0 heterocycles. The number of benzene rings is 1. The van der Waals surface area contributed by atoms with Crippen LogP contribution in [0.3, 0.4) is 0 Å². The third-order valence-corrected chi connectivity index (χ3v) is 3.81. The molecule has 0 aliphatic carbocycles. The number of sulfone groups is 1. The number of methoxy groups -OCH3 is 2. The van der Waals surface area contributed by atoms with Crippen LogP contribution >= 0.6 is 0 Å². The Morgan fingerprint density at radius 3 is 2.32 bits per heavy atom. The molecule has 7 nitrogen and oxygen atoms in total. The summed E-state index contributed by atoms with van der Waals surface area (Å²) < 4.78 is 32.7. The van der Waals surface area contributed by atoms with Crippen LogP contribution in [-0.2, 0) is 28.9 Å². The summed E-state index contributed by atoms with van der Waals surface area (Å²) in [5.41, 5.74) is 0.666. The average Bonchev–Trinajstić information content (AvgIpc) is 2.46. The van der Waals surface area contributed by atoms with E-state index in [1.807, 2.05) is 0 Å². The first-order valence-corrected chi connectivity index (χ1v) is 8.04. The van der Waals surface area contributed by atoms with Crippen molar-refractivity contribution in [3.8, 4) is 0 Å². The highest BCUT2D eigenvalue weighted by molar-refractivity contribution is 7.90. The molecule has 0 radical (unpaired) electrons. The summed E-state index contributed by atoms with van der Waals surface area (Å²) in [7, 11) is -1.23. The molecule has 0 spiro atoms. The van der Waals surface area contributed by atoms with Crippen molar-refractivity contribution in [1.82, 2.24) is 0 Å². The van der Waals surface area contributed by atoms with E-state index in [0.717, 1.165) is 32.1 Å². The number of hydrogen-bond donors (Lipinski definition) is 1. The van der Waals surface area contributed by atoms with E-state index in [0.29, 0.717) is 0 Å². The lowest BCUT2D eigenvalue weighted by Gasteiger charge is -2.13. The van der Waals surface area contributed by atoms with Gasteiger partial charge in [0.1, 0.15) is 5.70 Å². The summed E-state index contributed by atoms with van der Waals surface area (Å²) in [4.78, 5) is 23.0. The van der Waals surface area contributed by atoms with Crippen LogP contribution in [0.2, 0.25) is 0 Å². The molecular weight excluding hydrogens is 310 g/mol. The van der Waals surface area contributed by atoms with Crippen LogP contribution in [0.4, 0.5) is 5.69 Å². The number of carbonyl (C=O) groups is 2. The standard InChI is InChI=1S/C14H17NO6S/c1-9-5-6-10(12(7-9)22(4,18)19)15-11(14(17)21-3)8-13(16)20-2/h5-8,15H,1-4H3/b11-8+. The molecule has 0 bridgehead atoms. The molecule has 0 aromatic heterocycles. The number of carbonyl (C=O) groups excluding carboxylic acids is 2. The molecule has 120 valence electrons. The maximum absolute atomic E-state index is 11.8. The van der Waals surface area contributed by atoms with E-state index in [1.54, 1.807) is 13.0 Å². The number of hydrogen-bond acceptors (Lipinski definition) is 7. The minimum absolute atomic E-state index is 0.00664. The predicted octanol–water partition coefficient (Wildman–Crippen LogP) is 1.04. The first kappa shape index (κ1) is 17.7. The summed E-state index contributed by atoms with van der Waals surface area (Å²) >= 11 is 0. The topological polar surface area (TPSA) is 98.8 Å². The van der Waals surface area contributed by atoms with E-state index in [9.17, 15) is 18.0 Å². The van der Waals surface area contributed by atoms with Gasteiger partial charge < -0.3 is 14.8 Å². The lowest BCUT2D eigenvalue weighted by molar-refractivity contribution is -0.138. The summed E-state index contributed by atoms with van der Waals surface area (Å²) in [6.07, 6.45) is 1.94. The van der Waals surface area contributed by atoms with E-state index < -0.39 is 21.8 Å². The van der Waals surface area contributed by atoms with Gasteiger partial charge in [-0.05, 0) is 24.6 Å². The van der Waals surface area contributed by atoms with Crippen LogP contribution in [0.15, 0.2) is 34.9 Å². The zero-order chi connectivity index (χ0) is 16.9. The Morgan fingerprint density at radius 2 is 1.82 bits per heavy atom. The van der Waals surface area contributed by atoms with Gasteiger partial charge in [0.05, 0.1) is 30.9 Å². The first-order chi connectivity index (χ1) is 10.2. The molecule has 1 rings (SSSR count). The highest BCUT2D eigenvalue weighted by Crippen LogP contribution is 2.24. The molecule has 1 N–H and O–H groups in total. The fourth-order valence-electron chi connectivity index (χ4n) is 1.62. The molecule has 0 unspecified atom stereocenters. The van der Waals surface area contributed by atoms with Crippen molar-refractivity contribution in [2.75, 3.05) is 25.8 Å². The first-order valence-electron chi connectivity index (χ1n) is 6.14. The van der Waals surface area contributed by atoms with E-state index >= 15 is 0 Å². The normalized spacial score (nSPS) is 11.7. The van der Waals surface area contributed by atoms with E-state index in [2.05, 4.69) is 14.8 Å². The monoisotopic (exact) mass is 327 g/mol. The number of nitrogens with one attached hydrogen (secondary N) is 1. The van der Waals surface area contributed by atoms with Crippen LogP contribution in [0.25, 0.3) is 0 Å². The van der Waals surface area contributed by atoms with Crippen molar-refractivity contribution in [3.63, 3.8) is 0 Å². The molecule has 0 atom stereocenters. The van der Waals surface area contributed by atoms with Crippen LogP contribution in [0, 0.1) is 6.92 Å². The van der Waals surface area contributed by atoms with Gasteiger partial charge in [-0.25, -0.2) is 18.0 Å². The molecule has 0 fully saturated rings. The molecule has 1 aromatic rings. The van der Waals surface area contributed by atoms with Crippen LogP contribution < -0.4 is 5.32 Å². The second-order valence-corrected chi connectivity index (χ2v) is 6.45. The van der Waals surface area contributed by atoms with Gasteiger partial charge in [-0.15, -0.1) is 0 Å². The summed E-state index contributed by atoms with van der Waals surface area (Å²) in [6.45, 7) is 1.74. The summed E-state index contributed by atoms with van der Waals surface area (Å²) in [5.74, 6) is -1.61. The van der Waals surface area contributed by atoms with E-state index in [4.69, 9.17) is 0 Å². The third-order valence-electron chi connectivity index (χ3n) is 2.67. The van der Waals surface area contributed by atoms with Crippen LogP contribution in [0.5, 0.6) is 0 Å². The predicted molar refractivity (Wildman–Crippen MR) is 80.0 cm³/mol. The second kappa shape index (κ2) is 7.08. The van der Waals surface area contributed by atoms with Gasteiger partial charge in [-0.1, -0.05) is 6.07 Å². The minimum Gasteiger partial charge on any atom is -0.466 e. The molecule has 0 aliphatic heterocycles. The Labute approximate surface area is 128 Å². The molecule has 0 aliphatic rings. The Morgan fingerprint density at radius 1 is 1.18 bits per heavy atom. The lowest BCUT2D eigenvalue weighted by Crippen LogP contribution is -2.17. The van der Waals surface area contributed by atoms with Gasteiger partial charge in [0, 0.05) is 6.26 Å². The van der Waals surface area contributed by atoms with Gasteiger partial charge in [-0.2, -0.15) is 0 Å². The molecule has 0 saturated heterocycles. The van der Waals surface area contributed by atoms with Gasteiger partial charge in [0.15, 0.2) is 9.84 Å². The fraction of sp³-hybridized carbons (Fsp3) is 0.286. The highest BCUT2D eigenvalue weighted by atomic mass is 32.2. The summed E-state index contributed by atoms with van der Waals surface area (Å²) in [6, 6.07) is 4.63.